The summed E-state index contributed by atoms with van der Waals surface area (Å²) in [6.07, 6.45) is 14.3. The first-order valence-corrected chi connectivity index (χ1v) is 13.3. The summed E-state index contributed by atoms with van der Waals surface area (Å²) in [5.74, 6) is 0. The van der Waals surface area contributed by atoms with Gasteiger partial charge in [0, 0.05) is 12.0 Å². The Kier molecular flexibility index (Phi) is 32.5. The fraction of sp³-hybridized carbons (Fsp3) is 0.960. The summed E-state index contributed by atoms with van der Waals surface area (Å²) in [7, 11) is 0. The summed E-state index contributed by atoms with van der Waals surface area (Å²) < 4.78 is 0. The van der Waals surface area contributed by atoms with E-state index in [1.807, 2.05) is 0 Å². The Morgan fingerprint density at radius 2 is 1.09 bits per heavy atom. The van der Waals surface area contributed by atoms with Gasteiger partial charge in [0.25, 0.3) is 0 Å². The molecule has 0 aliphatic carbocycles. The molecule has 0 rings (SSSR count). The highest BCUT2D eigenvalue weighted by Gasteiger charge is 2.29. The number of alkyl halides is 1. The lowest BCUT2D eigenvalue weighted by atomic mass is 10.0. The molecule has 0 aromatic rings. The van der Waals surface area contributed by atoms with Crippen LogP contribution in [-0.2, 0) is 4.79 Å². The van der Waals surface area contributed by atoms with Gasteiger partial charge in [-0.05, 0) is 19.3 Å². The van der Waals surface area contributed by atoms with Gasteiger partial charge in [0.15, 0.2) is 6.29 Å². The maximum Gasteiger partial charge on any atom is 0.151 e. The minimum atomic E-state index is -1.79. The van der Waals surface area contributed by atoms with E-state index in [1.54, 1.807) is 0 Å². The molecule has 0 aliphatic heterocycles. The van der Waals surface area contributed by atoms with Crippen molar-refractivity contribution in [2.75, 3.05) is 13.2 Å². The molecule has 9 heteroatoms. The van der Waals surface area contributed by atoms with Crippen molar-refractivity contribution in [3.05, 3.63) is 0 Å². The molecule has 0 saturated carbocycles. The first-order valence-electron chi connectivity index (χ1n) is 12.9. The number of carbonyl (C=O) groups excluding carboxylic acids is 1. The smallest absolute Gasteiger partial charge is 0.151 e. The summed E-state index contributed by atoms with van der Waals surface area (Å²) in [6.45, 7) is 1.80. The molecule has 0 aromatic heterocycles. The highest BCUT2D eigenvalue weighted by molar-refractivity contribution is 6.20. The normalized spacial score (nSPS) is 15.3. The molecule has 0 heterocycles. The summed E-state index contributed by atoms with van der Waals surface area (Å²) in [5.41, 5.74) is 0. The van der Waals surface area contributed by atoms with Crippen molar-refractivity contribution in [1.82, 2.24) is 6.15 Å². The fourth-order valence-corrected chi connectivity index (χ4v) is 3.77. The summed E-state index contributed by atoms with van der Waals surface area (Å²) in [5, 5.41) is 52.6. The predicted molar refractivity (Wildman–Crippen MR) is 138 cm³/mol. The number of rotatable bonds is 22. The zero-order chi connectivity index (χ0) is 25.3. The van der Waals surface area contributed by atoms with E-state index < -0.39 is 31.0 Å². The van der Waals surface area contributed by atoms with Gasteiger partial charge in [-0.15, -0.1) is 11.6 Å². The third kappa shape index (κ3) is 24.8. The molecule has 0 fully saturated rings. The highest BCUT2D eigenvalue weighted by atomic mass is 35.5. The first-order chi connectivity index (χ1) is 15.8. The molecule has 0 aliphatic rings. The number of hydrogen-bond donors (Lipinski definition) is 7. The number of aldehydes is 1. The van der Waals surface area contributed by atoms with Gasteiger partial charge in [-0.25, -0.2) is 0 Å². The van der Waals surface area contributed by atoms with Crippen molar-refractivity contribution < 1.29 is 35.4 Å². The third-order valence-electron chi connectivity index (χ3n) is 5.72. The Balaban J connectivity index is -0.000000632. The molecule has 208 valence electrons. The molecular weight excluding hydrogens is 462 g/mol. The van der Waals surface area contributed by atoms with Crippen LogP contribution in [0.25, 0.3) is 0 Å². The van der Waals surface area contributed by atoms with Gasteiger partial charge in [0.05, 0.1) is 6.61 Å². The summed E-state index contributed by atoms with van der Waals surface area (Å²) in [4.78, 5) is 9.90. The maximum atomic E-state index is 9.90. The highest BCUT2D eigenvalue weighted by Crippen LogP contribution is 2.16. The van der Waals surface area contributed by atoms with Crippen LogP contribution in [0.3, 0.4) is 0 Å². The van der Waals surface area contributed by atoms with Crippen LogP contribution < -0.4 is 6.15 Å². The number of hydrogen-bond acceptors (Lipinski definition) is 8. The fourth-order valence-electron chi connectivity index (χ4n) is 3.46. The number of halogens is 1. The van der Waals surface area contributed by atoms with Crippen LogP contribution in [0.15, 0.2) is 0 Å². The predicted octanol–water partition coefficient (Wildman–Crippen LogP) is 3.63. The molecule has 9 N–H and O–H groups in total. The van der Waals surface area contributed by atoms with Gasteiger partial charge in [0.2, 0.25) is 0 Å². The van der Waals surface area contributed by atoms with Crippen LogP contribution in [-0.4, -0.2) is 79.9 Å². The molecule has 34 heavy (non-hydrogen) atoms. The van der Waals surface area contributed by atoms with Crippen LogP contribution in [0.1, 0.15) is 110 Å². The maximum absolute atomic E-state index is 9.90. The molecule has 8 nitrogen and oxygen atoms in total. The largest absolute Gasteiger partial charge is 0.396 e. The van der Waals surface area contributed by atoms with Gasteiger partial charge in [-0.2, -0.15) is 0 Å². The molecule has 5 unspecified atom stereocenters. The topological polar surface area (TPSA) is 173 Å². The lowest BCUT2D eigenvalue weighted by Crippen LogP contribution is -2.46. The van der Waals surface area contributed by atoms with Gasteiger partial charge < -0.3 is 41.6 Å². The number of unbranched alkanes of at least 4 members (excludes halogenated alkanes) is 12. The molecule has 0 bridgehead atoms. The van der Waals surface area contributed by atoms with E-state index in [1.165, 1.54) is 83.5 Å². The monoisotopic (exact) mass is 515 g/mol. The van der Waals surface area contributed by atoms with Crippen molar-refractivity contribution >= 4 is 17.9 Å². The van der Waals surface area contributed by atoms with Crippen LogP contribution in [0.4, 0.5) is 0 Å². The van der Waals surface area contributed by atoms with E-state index >= 15 is 0 Å². The quantitative estimate of drug-likeness (QED) is 0.0649. The van der Waals surface area contributed by atoms with Crippen molar-refractivity contribution in [3.63, 3.8) is 0 Å². The second-order valence-electron chi connectivity index (χ2n) is 8.85. The van der Waals surface area contributed by atoms with E-state index in [-0.39, 0.29) is 24.4 Å². The zero-order valence-electron chi connectivity index (χ0n) is 21.4. The van der Waals surface area contributed by atoms with Gasteiger partial charge in [-0.3, -0.25) is 0 Å². The van der Waals surface area contributed by atoms with Crippen molar-refractivity contribution in [2.45, 2.75) is 139 Å². The van der Waals surface area contributed by atoms with E-state index in [9.17, 15) is 4.79 Å². The van der Waals surface area contributed by atoms with Crippen molar-refractivity contribution in [3.8, 4) is 0 Å². The van der Waals surface area contributed by atoms with Crippen LogP contribution >= 0.6 is 11.6 Å². The number of carbonyl (C=O) groups is 1. The Labute approximate surface area is 212 Å². The van der Waals surface area contributed by atoms with E-state index in [2.05, 4.69) is 6.92 Å². The van der Waals surface area contributed by atoms with E-state index in [0.717, 1.165) is 19.3 Å². The number of aliphatic hydroxyl groups excluding tert-OH is 6. The van der Waals surface area contributed by atoms with E-state index in [4.69, 9.17) is 42.2 Å². The van der Waals surface area contributed by atoms with Crippen molar-refractivity contribution in [1.29, 1.82) is 0 Å². The second-order valence-corrected chi connectivity index (χ2v) is 9.47. The van der Waals surface area contributed by atoms with Crippen LogP contribution in [0.5, 0.6) is 0 Å². The molecule has 0 radical (unpaired) electrons. The van der Waals surface area contributed by atoms with Gasteiger partial charge in [-0.1, -0.05) is 90.4 Å². The SMILES string of the molecule is CCCCCCCCCCCCCCCC(Cl)CCCO.N.O=CC(O)C(O)C(O)C(O)CO. The Bertz CT molecular complexity index is 407. The molecule has 0 aromatic carbocycles. The zero-order valence-corrected chi connectivity index (χ0v) is 22.1. The van der Waals surface area contributed by atoms with Crippen LogP contribution in [0.2, 0.25) is 0 Å². The lowest BCUT2D eigenvalue weighted by Gasteiger charge is -2.22. The summed E-state index contributed by atoms with van der Waals surface area (Å²) in [6, 6.07) is 0. The second kappa shape index (κ2) is 28.9. The standard InChI is InChI=1S/C19H39ClO.C6H12O6.H3N/c1-2-3-4-5-6-7-8-9-10-11-12-13-14-16-19(20)17-15-18-21;7-1-3(9)5(11)6(12)4(10)2-8;/h19,21H,2-18H2,1H3;1,3-6,8-12H,2H2;1H3. The molecule has 5 atom stereocenters. The Morgan fingerprint density at radius 3 is 1.47 bits per heavy atom. The number of aliphatic hydroxyl groups is 6. The van der Waals surface area contributed by atoms with Crippen LogP contribution in [0, 0.1) is 0 Å². The minimum absolute atomic E-state index is 0. The average Bonchev–Trinajstić information content (AvgIpc) is 2.83. The third-order valence-corrected chi connectivity index (χ3v) is 6.15. The van der Waals surface area contributed by atoms with Gasteiger partial charge in [0.1, 0.15) is 24.4 Å². The Morgan fingerprint density at radius 1 is 0.676 bits per heavy atom. The summed E-state index contributed by atoms with van der Waals surface area (Å²) >= 11 is 6.19. The van der Waals surface area contributed by atoms with Gasteiger partial charge >= 0.3 is 0 Å². The molecule has 0 amide bonds. The van der Waals surface area contributed by atoms with E-state index in [0.29, 0.717) is 0 Å². The molecule has 0 saturated heterocycles. The average molecular weight is 516 g/mol. The first kappa shape index (κ1) is 38.2. The molecule has 0 spiro atoms. The molecular formula is C25H54ClNO7. The van der Waals surface area contributed by atoms with Crippen molar-refractivity contribution in [2.24, 2.45) is 0 Å². The lowest BCUT2D eigenvalue weighted by molar-refractivity contribution is -0.136. The Hall–Kier alpha value is -0.320. The minimum Gasteiger partial charge on any atom is -0.396 e.